The molecule has 0 saturated heterocycles. The van der Waals surface area contributed by atoms with Gasteiger partial charge in [0.25, 0.3) is 5.91 Å². The van der Waals surface area contributed by atoms with Crippen molar-refractivity contribution in [3.8, 4) is 0 Å². The highest BCUT2D eigenvalue weighted by Gasteiger charge is 2.07. The predicted molar refractivity (Wildman–Crippen MR) is 60.6 cm³/mol. The third-order valence-corrected chi connectivity index (χ3v) is 1.56. The number of ether oxygens (including phenoxy) is 1. The molecule has 0 unspecified atom stereocenters. The Kier molecular flexibility index (Phi) is 8.29. The maximum absolute atomic E-state index is 11.1. The van der Waals surface area contributed by atoms with Crippen LogP contribution in [0.2, 0.25) is 0 Å². The van der Waals surface area contributed by atoms with Crippen molar-refractivity contribution in [2.24, 2.45) is 0 Å². The third-order valence-electron chi connectivity index (χ3n) is 1.56. The molecule has 0 aromatic heterocycles. The van der Waals surface area contributed by atoms with Gasteiger partial charge in [-0.15, -0.1) is 0 Å². The zero-order chi connectivity index (χ0) is 14.0. The van der Waals surface area contributed by atoms with Crippen LogP contribution in [0, 0.1) is 0 Å². The molecule has 0 aliphatic carbocycles. The van der Waals surface area contributed by atoms with Gasteiger partial charge in [-0.2, -0.15) is 0 Å². The molecule has 0 spiro atoms. The fraction of sp³-hybridized carbons (Fsp3) is 0.700. The quantitative estimate of drug-likeness (QED) is 0.420. The molecule has 0 bridgehead atoms. The molecule has 0 rings (SSSR count). The first-order chi connectivity index (χ1) is 8.41. The van der Waals surface area contributed by atoms with Crippen molar-refractivity contribution in [2.45, 2.75) is 32.8 Å². The molecule has 0 aromatic carbocycles. The van der Waals surface area contributed by atoms with Gasteiger partial charge in [0.2, 0.25) is 0 Å². The van der Waals surface area contributed by atoms with E-state index < -0.39 is 18.0 Å². The van der Waals surface area contributed by atoms with Gasteiger partial charge in [-0.05, 0) is 20.3 Å². The number of nitrogens with one attached hydrogen (secondary N) is 2. The van der Waals surface area contributed by atoms with Gasteiger partial charge < -0.3 is 15.2 Å². The van der Waals surface area contributed by atoms with E-state index in [4.69, 9.17) is 14.7 Å². The summed E-state index contributed by atoms with van der Waals surface area (Å²) in [6, 6.07) is 0. The summed E-state index contributed by atoms with van der Waals surface area (Å²) in [5, 5.41) is 10.6. The van der Waals surface area contributed by atoms with Gasteiger partial charge in [0.15, 0.2) is 0 Å². The fourth-order valence-electron chi connectivity index (χ4n) is 0.871. The number of carboxylic acids is 1. The Morgan fingerprint density at radius 1 is 1.28 bits per heavy atom. The lowest BCUT2D eigenvalue weighted by molar-refractivity contribution is -0.138. The molecule has 0 fully saturated rings. The second kappa shape index (κ2) is 9.23. The van der Waals surface area contributed by atoms with Crippen LogP contribution in [0.1, 0.15) is 26.7 Å². The molecule has 3 N–H and O–H groups in total. The lowest BCUT2D eigenvalue weighted by Gasteiger charge is -2.09. The minimum Gasteiger partial charge on any atom is -0.481 e. The molecule has 0 saturated carbocycles. The topological polar surface area (TPSA) is 114 Å². The van der Waals surface area contributed by atoms with E-state index in [2.05, 4.69) is 10.8 Å². The monoisotopic (exact) mass is 262 g/mol. The summed E-state index contributed by atoms with van der Waals surface area (Å²) < 4.78 is 4.73. The normalized spacial score (nSPS) is 9.94. The number of alkyl carbamates (subject to hydrolysis) is 1. The second-order valence-electron chi connectivity index (χ2n) is 3.68. The lowest BCUT2D eigenvalue weighted by Crippen LogP contribution is -2.38. The van der Waals surface area contributed by atoms with Crippen molar-refractivity contribution in [1.82, 2.24) is 10.8 Å². The van der Waals surface area contributed by atoms with Crippen molar-refractivity contribution < 1.29 is 29.1 Å². The number of carboxylic acid groups (broad SMARTS) is 1. The zero-order valence-corrected chi connectivity index (χ0v) is 10.4. The van der Waals surface area contributed by atoms with E-state index in [1.54, 1.807) is 13.8 Å². The number of hydrogen-bond acceptors (Lipinski definition) is 5. The van der Waals surface area contributed by atoms with E-state index in [-0.39, 0.29) is 25.7 Å². The molecule has 2 amide bonds. The van der Waals surface area contributed by atoms with Crippen LogP contribution in [0.4, 0.5) is 4.79 Å². The van der Waals surface area contributed by atoms with Crippen molar-refractivity contribution >= 4 is 18.0 Å². The summed E-state index contributed by atoms with van der Waals surface area (Å²) in [5.41, 5.74) is 2.06. The predicted octanol–water partition coefficient (Wildman–Crippen LogP) is 0.0336. The highest BCUT2D eigenvalue weighted by Crippen LogP contribution is 1.89. The minimum atomic E-state index is -0.928. The SMILES string of the molecule is CC(C)OC(=O)NCC(=O)NOCCCC(=O)O. The van der Waals surface area contributed by atoms with Gasteiger partial charge in [-0.25, -0.2) is 10.3 Å². The van der Waals surface area contributed by atoms with Gasteiger partial charge >= 0.3 is 12.1 Å². The van der Waals surface area contributed by atoms with Gasteiger partial charge in [-0.3, -0.25) is 14.4 Å². The molecule has 8 heteroatoms. The van der Waals surface area contributed by atoms with Crippen LogP contribution in [0.5, 0.6) is 0 Å². The van der Waals surface area contributed by atoms with Gasteiger partial charge in [-0.1, -0.05) is 0 Å². The number of carbonyl (C=O) groups is 3. The zero-order valence-electron chi connectivity index (χ0n) is 10.4. The van der Waals surface area contributed by atoms with Gasteiger partial charge in [0.05, 0.1) is 12.7 Å². The molecule has 0 aliphatic rings. The van der Waals surface area contributed by atoms with Crippen LogP contribution < -0.4 is 10.8 Å². The Balaban J connectivity index is 3.48. The summed E-state index contributed by atoms with van der Waals surface area (Å²) in [6.45, 7) is 3.19. The molecule has 0 aromatic rings. The molecular weight excluding hydrogens is 244 g/mol. The average Bonchev–Trinajstić information content (AvgIpc) is 2.24. The van der Waals surface area contributed by atoms with Crippen LogP contribution in [0.15, 0.2) is 0 Å². The van der Waals surface area contributed by atoms with Crippen LogP contribution in [-0.4, -0.2) is 42.3 Å². The highest BCUT2D eigenvalue weighted by molar-refractivity contribution is 5.81. The van der Waals surface area contributed by atoms with E-state index in [0.717, 1.165) is 0 Å². The van der Waals surface area contributed by atoms with Crippen molar-refractivity contribution in [3.05, 3.63) is 0 Å². The summed E-state index contributed by atoms with van der Waals surface area (Å²) in [6.07, 6.45) is -0.695. The molecule has 0 aliphatic heterocycles. The maximum Gasteiger partial charge on any atom is 0.407 e. The van der Waals surface area contributed by atoms with Crippen LogP contribution in [0.3, 0.4) is 0 Å². The van der Waals surface area contributed by atoms with Gasteiger partial charge in [0, 0.05) is 6.42 Å². The largest absolute Gasteiger partial charge is 0.481 e. The molecule has 0 heterocycles. The second-order valence-corrected chi connectivity index (χ2v) is 3.68. The molecular formula is C10H18N2O6. The molecule has 0 atom stereocenters. The number of amides is 2. The minimum absolute atomic E-state index is 0.0329. The first-order valence-electron chi connectivity index (χ1n) is 5.48. The van der Waals surface area contributed by atoms with Crippen molar-refractivity contribution in [3.63, 3.8) is 0 Å². The summed E-state index contributed by atoms with van der Waals surface area (Å²) in [5.74, 6) is -1.48. The van der Waals surface area contributed by atoms with Crippen molar-refractivity contribution in [1.29, 1.82) is 0 Å². The Hall–Kier alpha value is -1.83. The van der Waals surface area contributed by atoms with Crippen molar-refractivity contribution in [2.75, 3.05) is 13.2 Å². The Morgan fingerprint density at radius 3 is 2.50 bits per heavy atom. The summed E-state index contributed by atoms with van der Waals surface area (Å²) >= 11 is 0. The van der Waals surface area contributed by atoms with E-state index in [9.17, 15) is 14.4 Å². The van der Waals surface area contributed by atoms with Crippen LogP contribution >= 0.6 is 0 Å². The first kappa shape index (κ1) is 16.2. The average molecular weight is 262 g/mol. The molecule has 0 radical (unpaired) electrons. The third kappa shape index (κ3) is 10.7. The highest BCUT2D eigenvalue weighted by atomic mass is 16.6. The van der Waals surface area contributed by atoms with E-state index in [0.29, 0.717) is 6.42 Å². The molecule has 18 heavy (non-hydrogen) atoms. The standard InChI is InChI=1S/C10H18N2O6/c1-7(2)18-10(16)11-6-8(13)12-17-5-3-4-9(14)15/h7H,3-6H2,1-2H3,(H,11,16)(H,12,13)(H,14,15). The Labute approximate surface area is 105 Å². The number of aliphatic carboxylic acids is 1. The maximum atomic E-state index is 11.1. The van der Waals surface area contributed by atoms with E-state index >= 15 is 0 Å². The van der Waals surface area contributed by atoms with E-state index in [1.165, 1.54) is 0 Å². The smallest absolute Gasteiger partial charge is 0.407 e. The fourth-order valence-corrected chi connectivity index (χ4v) is 0.871. The van der Waals surface area contributed by atoms with Crippen LogP contribution in [-0.2, 0) is 19.2 Å². The molecule has 8 nitrogen and oxygen atoms in total. The van der Waals surface area contributed by atoms with Gasteiger partial charge in [0.1, 0.15) is 6.54 Å². The van der Waals surface area contributed by atoms with Crippen LogP contribution in [0.25, 0.3) is 0 Å². The first-order valence-corrected chi connectivity index (χ1v) is 5.48. The Morgan fingerprint density at radius 2 is 1.94 bits per heavy atom. The number of carbonyl (C=O) groups excluding carboxylic acids is 2. The lowest BCUT2D eigenvalue weighted by atomic mass is 10.3. The Bertz CT molecular complexity index is 292. The number of hydroxylamine groups is 1. The summed E-state index contributed by atoms with van der Waals surface area (Å²) in [4.78, 5) is 37.0. The number of rotatable bonds is 8. The van der Waals surface area contributed by atoms with E-state index in [1.807, 2.05) is 0 Å². The summed E-state index contributed by atoms with van der Waals surface area (Å²) in [7, 11) is 0. The number of hydrogen-bond donors (Lipinski definition) is 3. The molecule has 104 valence electrons.